The summed E-state index contributed by atoms with van der Waals surface area (Å²) in [7, 11) is 3.25. The van der Waals surface area contributed by atoms with E-state index in [1.807, 2.05) is 0 Å². The number of nitrogens with one attached hydrogen (secondary N) is 2. The van der Waals surface area contributed by atoms with Crippen LogP contribution in [-0.4, -0.2) is 35.2 Å². The zero-order valence-corrected chi connectivity index (χ0v) is 7.64. The van der Waals surface area contributed by atoms with Crippen molar-refractivity contribution in [2.75, 3.05) is 14.1 Å². The average Bonchev–Trinajstić information content (AvgIpc) is 2.54. The molecule has 0 saturated carbocycles. The number of aliphatic imine (C=N–C) groups is 1. The van der Waals surface area contributed by atoms with Gasteiger partial charge in [0.25, 0.3) is 0 Å². The van der Waals surface area contributed by atoms with Gasteiger partial charge in [-0.2, -0.15) is 5.10 Å². The normalized spacial score (nSPS) is 11.1. The Labute approximate surface area is 79.1 Å². The number of H-pyrrole nitrogens is 1. The minimum Gasteiger partial charge on any atom is -0.372 e. The van der Waals surface area contributed by atoms with Crippen molar-refractivity contribution in [3.63, 3.8) is 0 Å². The number of aromatic nitrogens is 2. The molecule has 1 aromatic heterocycles. The molecule has 76 valence electrons. The molecule has 0 atom stereocenters. The van der Waals surface area contributed by atoms with Crippen molar-refractivity contribution in [3.05, 3.63) is 21.9 Å². The molecule has 1 rings (SSSR count). The van der Waals surface area contributed by atoms with Crippen LogP contribution in [0, 0.1) is 10.1 Å². The first-order valence-electron chi connectivity index (χ1n) is 3.70. The highest BCUT2D eigenvalue weighted by Crippen LogP contribution is 2.07. The third-order valence-corrected chi connectivity index (χ3v) is 1.43. The molecule has 0 unspecified atom stereocenters. The third-order valence-electron chi connectivity index (χ3n) is 1.43. The van der Waals surface area contributed by atoms with Crippen LogP contribution < -0.4 is 10.2 Å². The molecule has 0 aliphatic rings. The Morgan fingerprint density at radius 3 is 3.07 bits per heavy atom. The maximum absolute atomic E-state index is 9.98. The van der Waals surface area contributed by atoms with Gasteiger partial charge in [-0.05, 0) is 0 Å². The van der Waals surface area contributed by atoms with Crippen molar-refractivity contribution in [1.82, 2.24) is 15.5 Å². The molecular formula is C6H9N5O3. The molecule has 0 fully saturated rings. The molecule has 8 heteroatoms. The molecule has 0 bridgehead atoms. The summed E-state index contributed by atoms with van der Waals surface area (Å²) in [5, 5.41) is 18.0. The number of amidine groups is 1. The average molecular weight is 199 g/mol. The lowest BCUT2D eigenvalue weighted by atomic mass is 10.4. The lowest BCUT2D eigenvalue weighted by Crippen LogP contribution is -2.19. The van der Waals surface area contributed by atoms with E-state index in [2.05, 4.69) is 25.3 Å². The third kappa shape index (κ3) is 2.19. The van der Waals surface area contributed by atoms with E-state index >= 15 is 0 Å². The van der Waals surface area contributed by atoms with Crippen LogP contribution in [0.1, 0.15) is 5.69 Å². The Kier molecular flexibility index (Phi) is 3.00. The fraction of sp³-hybridized carbons (Fsp3) is 0.333. The molecule has 0 radical (unpaired) electrons. The first-order valence-corrected chi connectivity index (χ1v) is 3.70. The van der Waals surface area contributed by atoms with Gasteiger partial charge in [0, 0.05) is 20.2 Å². The van der Waals surface area contributed by atoms with Gasteiger partial charge in [-0.1, -0.05) is 0 Å². The summed E-state index contributed by atoms with van der Waals surface area (Å²) < 4.78 is 0. The first-order chi connectivity index (χ1) is 6.67. The largest absolute Gasteiger partial charge is 0.372 e. The van der Waals surface area contributed by atoms with Crippen LogP contribution in [0.3, 0.4) is 0 Å². The summed E-state index contributed by atoms with van der Waals surface area (Å²) in [5.41, 5.74) is 0.451. The van der Waals surface area contributed by atoms with Gasteiger partial charge in [0.05, 0.1) is 0 Å². The fourth-order valence-corrected chi connectivity index (χ4v) is 0.907. The van der Waals surface area contributed by atoms with Crippen LogP contribution in [0.2, 0.25) is 0 Å². The number of nitrogens with zero attached hydrogens (tertiary/aromatic N) is 3. The highest BCUT2D eigenvalue weighted by atomic mass is 17.0. The SMILES string of the molecule is CN=C(NC)c1cc(O[N+](=O)[O-])[nH]n1. The quantitative estimate of drug-likeness (QED) is 0.297. The van der Waals surface area contributed by atoms with Gasteiger partial charge in [-0.3, -0.25) is 14.9 Å². The number of rotatable bonds is 3. The van der Waals surface area contributed by atoms with Gasteiger partial charge in [-0.15, -0.1) is 10.1 Å². The minimum atomic E-state index is -0.917. The number of hydrogen-bond donors (Lipinski definition) is 2. The molecular weight excluding hydrogens is 190 g/mol. The van der Waals surface area contributed by atoms with Crippen molar-refractivity contribution in [1.29, 1.82) is 0 Å². The van der Waals surface area contributed by atoms with Crippen molar-refractivity contribution in [2.45, 2.75) is 0 Å². The smallest absolute Gasteiger partial charge is 0.301 e. The Bertz CT molecular complexity index is 358. The summed E-state index contributed by atoms with van der Waals surface area (Å²) in [4.78, 5) is 18.0. The molecule has 2 N–H and O–H groups in total. The van der Waals surface area contributed by atoms with E-state index in [9.17, 15) is 10.1 Å². The van der Waals surface area contributed by atoms with E-state index in [0.29, 0.717) is 11.5 Å². The van der Waals surface area contributed by atoms with Crippen molar-refractivity contribution >= 4 is 5.84 Å². The van der Waals surface area contributed by atoms with Gasteiger partial charge in [0.1, 0.15) is 11.5 Å². The molecule has 1 aromatic rings. The fourth-order valence-electron chi connectivity index (χ4n) is 0.907. The maximum Gasteiger partial charge on any atom is 0.301 e. The van der Waals surface area contributed by atoms with Crippen LogP contribution >= 0.6 is 0 Å². The molecule has 0 amide bonds. The monoisotopic (exact) mass is 199 g/mol. The van der Waals surface area contributed by atoms with Crippen molar-refractivity contribution < 1.29 is 9.92 Å². The molecule has 0 saturated heterocycles. The van der Waals surface area contributed by atoms with Gasteiger partial charge in [0.15, 0.2) is 0 Å². The summed E-state index contributed by atoms with van der Waals surface area (Å²) in [6, 6.07) is 1.38. The molecule has 0 spiro atoms. The van der Waals surface area contributed by atoms with Crippen LogP contribution in [0.4, 0.5) is 0 Å². The van der Waals surface area contributed by atoms with Gasteiger partial charge in [-0.25, -0.2) is 0 Å². The second-order valence-electron chi connectivity index (χ2n) is 2.25. The molecule has 8 nitrogen and oxygen atoms in total. The minimum absolute atomic E-state index is 0.0404. The van der Waals surface area contributed by atoms with E-state index in [1.165, 1.54) is 6.07 Å². The van der Waals surface area contributed by atoms with E-state index in [0.717, 1.165) is 0 Å². The van der Waals surface area contributed by atoms with Crippen LogP contribution in [0.15, 0.2) is 11.1 Å². The van der Waals surface area contributed by atoms with Gasteiger partial charge >= 0.3 is 5.09 Å². The Morgan fingerprint density at radius 2 is 2.57 bits per heavy atom. The topological polar surface area (TPSA) is 105 Å². The van der Waals surface area contributed by atoms with E-state index in [4.69, 9.17) is 0 Å². The second-order valence-corrected chi connectivity index (χ2v) is 2.25. The molecule has 0 aliphatic heterocycles. The number of aromatic amines is 1. The highest BCUT2D eigenvalue weighted by molar-refractivity contribution is 5.96. The summed E-state index contributed by atoms with van der Waals surface area (Å²) in [6.45, 7) is 0. The Morgan fingerprint density at radius 1 is 1.86 bits per heavy atom. The van der Waals surface area contributed by atoms with E-state index < -0.39 is 5.09 Å². The van der Waals surface area contributed by atoms with Crippen LogP contribution in [0.25, 0.3) is 0 Å². The van der Waals surface area contributed by atoms with Gasteiger partial charge < -0.3 is 5.32 Å². The van der Waals surface area contributed by atoms with Gasteiger partial charge in [0.2, 0.25) is 5.88 Å². The predicted octanol–water partition coefficient (Wildman–Crippen LogP) is -0.424. The summed E-state index contributed by atoms with van der Waals surface area (Å²) in [6.07, 6.45) is 0. The Balaban J connectivity index is 2.82. The van der Waals surface area contributed by atoms with Crippen molar-refractivity contribution in [2.24, 2.45) is 4.99 Å². The molecule has 14 heavy (non-hydrogen) atoms. The lowest BCUT2D eigenvalue weighted by molar-refractivity contribution is -0.712. The highest BCUT2D eigenvalue weighted by Gasteiger charge is 2.08. The Hall–Kier alpha value is -2.12. The zero-order chi connectivity index (χ0) is 10.6. The van der Waals surface area contributed by atoms with E-state index in [-0.39, 0.29) is 5.88 Å². The standard InChI is InChI=1S/C6H9N5O3/c1-7-6(8-2)4-3-5(10-9-4)14-11(12)13/h3H,1-2H3,(H,7,8)(H,9,10). The lowest BCUT2D eigenvalue weighted by Gasteiger charge is -1.97. The summed E-state index contributed by atoms with van der Waals surface area (Å²) in [5.74, 6) is 0.473. The zero-order valence-electron chi connectivity index (χ0n) is 7.64. The second kappa shape index (κ2) is 4.21. The van der Waals surface area contributed by atoms with Crippen molar-refractivity contribution in [3.8, 4) is 5.88 Å². The molecule has 1 heterocycles. The predicted molar refractivity (Wildman–Crippen MR) is 47.7 cm³/mol. The summed E-state index contributed by atoms with van der Waals surface area (Å²) >= 11 is 0. The number of hydrogen-bond acceptors (Lipinski definition) is 5. The first kappa shape index (κ1) is 9.96. The molecule has 0 aliphatic carbocycles. The van der Waals surface area contributed by atoms with Crippen LogP contribution in [-0.2, 0) is 0 Å². The molecule has 0 aromatic carbocycles. The van der Waals surface area contributed by atoms with Crippen LogP contribution in [0.5, 0.6) is 5.88 Å². The van der Waals surface area contributed by atoms with E-state index in [1.54, 1.807) is 14.1 Å². The maximum atomic E-state index is 9.98.